The largest absolute Gasteiger partial charge is 0.325 e. The number of nitrogens with one attached hydrogen (secondary N) is 2. The van der Waals surface area contributed by atoms with Crippen LogP contribution in [0.15, 0.2) is 45.5 Å². The number of amides is 1. The molecule has 0 spiro atoms. The minimum absolute atomic E-state index is 0.0858. The zero-order valence-corrected chi connectivity index (χ0v) is 14.9. The second kappa shape index (κ2) is 6.64. The van der Waals surface area contributed by atoms with Crippen LogP contribution < -0.4 is 10.0 Å². The van der Waals surface area contributed by atoms with Gasteiger partial charge in [-0.2, -0.15) is 0 Å². The van der Waals surface area contributed by atoms with Gasteiger partial charge in [-0.05, 0) is 29.6 Å². The van der Waals surface area contributed by atoms with Crippen molar-refractivity contribution in [3.8, 4) is 0 Å². The molecule has 0 aliphatic carbocycles. The molecule has 1 aromatic heterocycles. The summed E-state index contributed by atoms with van der Waals surface area (Å²) in [6, 6.07) is 8.60. The first kappa shape index (κ1) is 16.5. The predicted molar refractivity (Wildman–Crippen MR) is 93.3 cm³/mol. The molecule has 0 saturated heterocycles. The highest BCUT2D eigenvalue weighted by Gasteiger charge is 2.22. The zero-order valence-electron chi connectivity index (χ0n) is 12.4. The van der Waals surface area contributed by atoms with Crippen molar-refractivity contribution < 1.29 is 13.2 Å². The average molecular weight is 369 g/mol. The summed E-state index contributed by atoms with van der Waals surface area (Å²) in [6.07, 6.45) is 0. The molecule has 122 valence electrons. The SMILES string of the molecule is C[C@H]1CSc2ccc(S(=O)(=O)NCc3cccs3)cc2NC1=O. The third-order valence-corrected chi connectivity index (χ3v) is 7.08. The summed E-state index contributed by atoms with van der Waals surface area (Å²) in [4.78, 5) is 13.9. The van der Waals surface area contributed by atoms with Gasteiger partial charge in [0, 0.05) is 28.0 Å². The quantitative estimate of drug-likeness (QED) is 0.870. The number of thiophene rings is 1. The van der Waals surface area contributed by atoms with Crippen molar-refractivity contribution in [2.75, 3.05) is 11.1 Å². The van der Waals surface area contributed by atoms with E-state index in [9.17, 15) is 13.2 Å². The molecule has 8 heteroatoms. The number of rotatable bonds is 4. The number of hydrogen-bond donors (Lipinski definition) is 2. The Morgan fingerprint density at radius 3 is 2.91 bits per heavy atom. The first-order valence-corrected chi connectivity index (χ1v) is 10.4. The highest BCUT2D eigenvalue weighted by molar-refractivity contribution is 7.99. The van der Waals surface area contributed by atoms with Gasteiger partial charge in [-0.3, -0.25) is 4.79 Å². The number of hydrogen-bond acceptors (Lipinski definition) is 5. The van der Waals surface area contributed by atoms with Crippen molar-refractivity contribution in [2.24, 2.45) is 5.92 Å². The van der Waals surface area contributed by atoms with Crippen LogP contribution >= 0.6 is 23.1 Å². The van der Waals surface area contributed by atoms with E-state index < -0.39 is 10.0 Å². The first-order chi connectivity index (χ1) is 11.0. The molecule has 0 bridgehead atoms. The van der Waals surface area contributed by atoms with Crippen LogP contribution in [0.4, 0.5) is 5.69 Å². The molecule has 2 N–H and O–H groups in total. The Hall–Kier alpha value is -1.35. The third-order valence-electron chi connectivity index (χ3n) is 3.47. The maximum absolute atomic E-state index is 12.4. The van der Waals surface area contributed by atoms with Crippen LogP contribution in [0.5, 0.6) is 0 Å². The number of carbonyl (C=O) groups excluding carboxylic acids is 1. The van der Waals surface area contributed by atoms with Gasteiger partial charge < -0.3 is 5.32 Å². The van der Waals surface area contributed by atoms with Crippen molar-refractivity contribution >= 4 is 44.7 Å². The molecule has 1 amide bonds. The number of benzene rings is 1. The Kier molecular flexibility index (Phi) is 4.77. The lowest BCUT2D eigenvalue weighted by Crippen LogP contribution is -2.23. The lowest BCUT2D eigenvalue weighted by Gasteiger charge is -2.10. The number of anilines is 1. The van der Waals surface area contributed by atoms with Crippen molar-refractivity contribution in [3.63, 3.8) is 0 Å². The smallest absolute Gasteiger partial charge is 0.240 e. The van der Waals surface area contributed by atoms with Gasteiger partial charge in [0.25, 0.3) is 0 Å². The third kappa shape index (κ3) is 3.77. The van der Waals surface area contributed by atoms with E-state index in [1.165, 1.54) is 17.4 Å². The maximum Gasteiger partial charge on any atom is 0.240 e. The van der Waals surface area contributed by atoms with Crippen LogP contribution in [0, 0.1) is 5.92 Å². The lowest BCUT2D eigenvalue weighted by atomic mass is 10.2. The van der Waals surface area contributed by atoms with E-state index in [0.717, 1.165) is 9.77 Å². The molecule has 3 rings (SSSR count). The van der Waals surface area contributed by atoms with Crippen molar-refractivity contribution in [2.45, 2.75) is 23.3 Å². The fourth-order valence-electron chi connectivity index (χ4n) is 2.11. The van der Waals surface area contributed by atoms with Gasteiger partial charge >= 0.3 is 0 Å². The summed E-state index contributed by atoms with van der Waals surface area (Å²) >= 11 is 3.05. The van der Waals surface area contributed by atoms with Crippen molar-refractivity contribution in [1.82, 2.24) is 4.72 Å². The van der Waals surface area contributed by atoms with E-state index in [1.807, 2.05) is 24.4 Å². The van der Waals surface area contributed by atoms with Crippen molar-refractivity contribution in [3.05, 3.63) is 40.6 Å². The molecular formula is C15H16N2O3S3. The minimum atomic E-state index is -3.62. The summed E-state index contributed by atoms with van der Waals surface area (Å²) in [6.45, 7) is 2.11. The van der Waals surface area contributed by atoms with E-state index >= 15 is 0 Å². The highest BCUT2D eigenvalue weighted by atomic mass is 32.2. The molecular weight excluding hydrogens is 352 g/mol. The topological polar surface area (TPSA) is 75.3 Å². The maximum atomic E-state index is 12.4. The van der Waals surface area contributed by atoms with Gasteiger partial charge in [-0.1, -0.05) is 13.0 Å². The highest BCUT2D eigenvalue weighted by Crippen LogP contribution is 2.34. The second-order valence-corrected chi connectivity index (χ2v) is 9.12. The molecule has 1 aromatic carbocycles. The molecule has 1 aliphatic rings. The van der Waals surface area contributed by atoms with Gasteiger partial charge in [0.1, 0.15) is 0 Å². The standard InChI is InChI=1S/C15H16N2O3S3/c1-10-9-22-14-5-4-12(7-13(14)17-15(10)18)23(19,20)16-8-11-3-2-6-21-11/h2-7,10,16H,8-9H2,1H3,(H,17,18)/t10-/m0/s1. The number of carbonyl (C=O) groups is 1. The van der Waals surface area contributed by atoms with Gasteiger partial charge in [0.05, 0.1) is 10.6 Å². The Balaban J connectivity index is 1.83. The van der Waals surface area contributed by atoms with Crippen LogP contribution in [0.3, 0.4) is 0 Å². The first-order valence-electron chi connectivity index (χ1n) is 7.05. The summed E-state index contributed by atoms with van der Waals surface area (Å²) < 4.78 is 27.4. The Morgan fingerprint density at radius 2 is 2.17 bits per heavy atom. The van der Waals surface area contributed by atoms with Crippen LogP contribution in [0.25, 0.3) is 0 Å². The lowest BCUT2D eigenvalue weighted by molar-refractivity contribution is -0.118. The van der Waals surface area contributed by atoms with Gasteiger partial charge in [0.15, 0.2) is 0 Å². The van der Waals surface area contributed by atoms with Gasteiger partial charge in [-0.15, -0.1) is 23.1 Å². The minimum Gasteiger partial charge on any atom is -0.325 e. The number of sulfonamides is 1. The molecule has 2 heterocycles. The fourth-order valence-corrected chi connectivity index (χ4v) is 4.89. The summed E-state index contributed by atoms with van der Waals surface area (Å²) in [7, 11) is -3.62. The predicted octanol–water partition coefficient (Wildman–Crippen LogP) is 2.91. The molecule has 0 fully saturated rings. The van der Waals surface area contributed by atoms with Crippen molar-refractivity contribution in [1.29, 1.82) is 0 Å². The van der Waals surface area contributed by atoms with E-state index in [0.29, 0.717) is 11.4 Å². The van der Waals surface area contributed by atoms with Gasteiger partial charge in [-0.25, -0.2) is 13.1 Å². The normalized spacial score (nSPS) is 18.1. The number of thioether (sulfide) groups is 1. The molecule has 5 nitrogen and oxygen atoms in total. The average Bonchev–Trinajstić information content (AvgIpc) is 3.00. The zero-order chi connectivity index (χ0) is 16.4. The molecule has 0 unspecified atom stereocenters. The summed E-state index contributed by atoms with van der Waals surface area (Å²) in [5, 5.41) is 4.71. The van der Waals surface area contributed by atoms with Gasteiger partial charge in [0.2, 0.25) is 15.9 Å². The molecule has 1 atom stereocenters. The summed E-state index contributed by atoms with van der Waals surface area (Å²) in [5.74, 6) is 0.489. The Bertz CT molecular complexity index is 816. The molecule has 23 heavy (non-hydrogen) atoms. The Morgan fingerprint density at radius 1 is 1.35 bits per heavy atom. The van der Waals surface area contributed by atoms with E-state index in [-0.39, 0.29) is 23.3 Å². The second-order valence-electron chi connectivity index (χ2n) is 5.26. The molecule has 0 radical (unpaired) electrons. The van der Waals surface area contributed by atoms with Crippen LogP contribution in [0.1, 0.15) is 11.8 Å². The molecule has 2 aromatic rings. The van der Waals surface area contributed by atoms with E-state index in [4.69, 9.17) is 0 Å². The van der Waals surface area contributed by atoms with Crippen LogP contribution in [-0.2, 0) is 21.4 Å². The van der Waals surface area contributed by atoms with Crippen LogP contribution in [0.2, 0.25) is 0 Å². The monoisotopic (exact) mass is 368 g/mol. The molecule has 0 saturated carbocycles. The van der Waals surface area contributed by atoms with E-state index in [1.54, 1.807) is 23.9 Å². The summed E-state index contributed by atoms with van der Waals surface area (Å²) in [5.41, 5.74) is 0.559. The number of fused-ring (bicyclic) bond motifs is 1. The van der Waals surface area contributed by atoms with E-state index in [2.05, 4.69) is 10.0 Å². The fraction of sp³-hybridized carbons (Fsp3) is 0.267. The Labute approximate surface area is 143 Å². The molecule has 1 aliphatic heterocycles. The van der Waals surface area contributed by atoms with Crippen LogP contribution in [-0.4, -0.2) is 20.1 Å².